The minimum absolute atomic E-state index is 0.0177. The Morgan fingerprint density at radius 3 is 2.52 bits per heavy atom. The molecule has 1 heterocycles. The molecule has 0 bridgehead atoms. The topological polar surface area (TPSA) is 51.2 Å². The molecule has 0 radical (unpaired) electrons. The Bertz CT molecular complexity index is 930. The maximum atomic E-state index is 12.3. The number of hydrogen-bond donors (Lipinski definition) is 1. The number of nitrogens with one attached hydrogen (secondary N) is 1. The van der Waals surface area contributed by atoms with Gasteiger partial charge in [0.1, 0.15) is 5.75 Å². The molecule has 4 nitrogen and oxygen atoms in total. The zero-order valence-electron chi connectivity index (χ0n) is 16.1. The van der Waals surface area contributed by atoms with Gasteiger partial charge in [-0.1, -0.05) is 38.1 Å². The van der Waals surface area contributed by atoms with E-state index in [4.69, 9.17) is 4.74 Å². The largest absolute Gasteiger partial charge is 0.483 e. The van der Waals surface area contributed by atoms with Crippen LogP contribution in [0.2, 0.25) is 0 Å². The van der Waals surface area contributed by atoms with Gasteiger partial charge in [-0.2, -0.15) is 0 Å². The average Bonchev–Trinajstić information content (AvgIpc) is 3.07. The molecule has 0 saturated carbocycles. The van der Waals surface area contributed by atoms with E-state index < -0.39 is 0 Å². The first-order valence-electron chi connectivity index (χ1n) is 8.98. The number of nitrogens with zero attached hydrogens (tertiary/aromatic N) is 1. The molecule has 0 saturated heterocycles. The van der Waals surface area contributed by atoms with Crippen LogP contribution in [0.1, 0.15) is 35.9 Å². The number of carbonyl (C=O) groups excluding carboxylic acids is 1. The van der Waals surface area contributed by atoms with Gasteiger partial charge in [0, 0.05) is 16.6 Å². The lowest BCUT2D eigenvalue weighted by atomic mass is 10.0. The minimum Gasteiger partial charge on any atom is -0.483 e. The van der Waals surface area contributed by atoms with Gasteiger partial charge in [-0.15, -0.1) is 11.3 Å². The second-order valence-corrected chi connectivity index (χ2v) is 7.92. The maximum Gasteiger partial charge on any atom is 0.262 e. The Morgan fingerprint density at radius 1 is 1.15 bits per heavy atom. The van der Waals surface area contributed by atoms with E-state index in [-0.39, 0.29) is 12.5 Å². The standard InChI is InChI=1S/C22H24N2O2S/c1-14(2)19-10-5-15(3)11-21(19)26-12-22(25)24-18-8-6-17(7-9-18)20-13-27-16(4)23-20/h5-11,13-14H,12H2,1-4H3,(H,24,25). The van der Waals surface area contributed by atoms with E-state index in [2.05, 4.69) is 36.3 Å². The van der Waals surface area contributed by atoms with Crippen molar-refractivity contribution >= 4 is 22.9 Å². The lowest BCUT2D eigenvalue weighted by Gasteiger charge is -2.15. The van der Waals surface area contributed by atoms with Crippen LogP contribution in [-0.2, 0) is 4.79 Å². The molecule has 3 aromatic rings. The number of aryl methyl sites for hydroxylation is 2. The van der Waals surface area contributed by atoms with E-state index in [9.17, 15) is 4.79 Å². The van der Waals surface area contributed by atoms with Crippen LogP contribution in [0.4, 0.5) is 5.69 Å². The van der Waals surface area contributed by atoms with E-state index in [0.29, 0.717) is 5.92 Å². The highest BCUT2D eigenvalue weighted by molar-refractivity contribution is 7.09. The van der Waals surface area contributed by atoms with E-state index in [1.165, 1.54) is 0 Å². The molecular weight excluding hydrogens is 356 g/mol. The third-order valence-corrected chi connectivity index (χ3v) is 5.01. The molecule has 0 fully saturated rings. The van der Waals surface area contributed by atoms with Crippen LogP contribution in [-0.4, -0.2) is 17.5 Å². The number of aromatic nitrogens is 1. The Hall–Kier alpha value is -2.66. The van der Waals surface area contributed by atoms with Gasteiger partial charge in [0.05, 0.1) is 10.7 Å². The SMILES string of the molecule is Cc1ccc(C(C)C)c(OCC(=O)Nc2ccc(-c3csc(C)n3)cc2)c1. The highest BCUT2D eigenvalue weighted by atomic mass is 32.1. The Balaban J connectivity index is 1.61. The summed E-state index contributed by atoms with van der Waals surface area (Å²) in [5.41, 5.74) is 4.96. The number of amides is 1. The maximum absolute atomic E-state index is 12.3. The zero-order chi connectivity index (χ0) is 19.4. The molecule has 140 valence electrons. The summed E-state index contributed by atoms with van der Waals surface area (Å²) in [6, 6.07) is 13.8. The molecule has 0 aliphatic carbocycles. The first-order chi connectivity index (χ1) is 12.9. The monoisotopic (exact) mass is 380 g/mol. The van der Waals surface area contributed by atoms with Crippen LogP contribution in [0.15, 0.2) is 47.8 Å². The summed E-state index contributed by atoms with van der Waals surface area (Å²) in [5, 5.41) is 5.95. The number of hydrogen-bond acceptors (Lipinski definition) is 4. The minimum atomic E-state index is -0.177. The molecule has 0 atom stereocenters. The van der Waals surface area contributed by atoms with E-state index in [1.807, 2.05) is 49.6 Å². The summed E-state index contributed by atoms with van der Waals surface area (Å²) in [4.78, 5) is 16.7. The van der Waals surface area contributed by atoms with Crippen LogP contribution >= 0.6 is 11.3 Å². The van der Waals surface area contributed by atoms with Crippen molar-refractivity contribution in [3.05, 3.63) is 64.0 Å². The first-order valence-corrected chi connectivity index (χ1v) is 9.86. The third-order valence-electron chi connectivity index (χ3n) is 4.23. The summed E-state index contributed by atoms with van der Waals surface area (Å²) in [7, 11) is 0. The highest BCUT2D eigenvalue weighted by Gasteiger charge is 2.11. The fraction of sp³-hybridized carbons (Fsp3) is 0.273. The van der Waals surface area contributed by atoms with Gasteiger partial charge in [0.25, 0.3) is 5.91 Å². The average molecular weight is 381 g/mol. The van der Waals surface area contributed by atoms with Crippen LogP contribution in [0.3, 0.4) is 0 Å². The molecule has 1 amide bonds. The van der Waals surface area contributed by atoms with E-state index in [1.54, 1.807) is 11.3 Å². The number of thiazole rings is 1. The number of carbonyl (C=O) groups is 1. The van der Waals surface area contributed by atoms with Crippen molar-refractivity contribution in [3.63, 3.8) is 0 Å². The van der Waals surface area contributed by atoms with Crippen molar-refractivity contribution in [3.8, 4) is 17.0 Å². The summed E-state index contributed by atoms with van der Waals surface area (Å²) in [5.74, 6) is 0.934. The highest BCUT2D eigenvalue weighted by Crippen LogP contribution is 2.27. The van der Waals surface area contributed by atoms with Crippen LogP contribution in [0, 0.1) is 13.8 Å². The van der Waals surface area contributed by atoms with Gasteiger partial charge < -0.3 is 10.1 Å². The third kappa shape index (κ3) is 4.95. The molecule has 1 N–H and O–H groups in total. The number of rotatable bonds is 6. The second kappa shape index (κ2) is 8.35. The number of benzene rings is 2. The Morgan fingerprint density at radius 2 is 1.89 bits per heavy atom. The van der Waals surface area contributed by atoms with E-state index >= 15 is 0 Å². The number of ether oxygens (including phenoxy) is 1. The second-order valence-electron chi connectivity index (χ2n) is 6.86. The lowest BCUT2D eigenvalue weighted by Crippen LogP contribution is -2.20. The van der Waals surface area contributed by atoms with Crippen molar-refractivity contribution in [2.75, 3.05) is 11.9 Å². The van der Waals surface area contributed by atoms with Crippen molar-refractivity contribution < 1.29 is 9.53 Å². The van der Waals surface area contributed by atoms with E-state index in [0.717, 1.165) is 38.8 Å². The lowest BCUT2D eigenvalue weighted by molar-refractivity contribution is -0.118. The fourth-order valence-electron chi connectivity index (χ4n) is 2.80. The van der Waals surface area contributed by atoms with Crippen molar-refractivity contribution in [2.45, 2.75) is 33.6 Å². The van der Waals surface area contributed by atoms with Crippen molar-refractivity contribution in [1.82, 2.24) is 4.98 Å². The van der Waals surface area contributed by atoms with Gasteiger partial charge >= 0.3 is 0 Å². The van der Waals surface area contributed by atoms with Gasteiger partial charge in [0.15, 0.2) is 6.61 Å². The first kappa shape index (κ1) is 19.1. The van der Waals surface area contributed by atoms with Crippen LogP contribution in [0.5, 0.6) is 5.75 Å². The molecule has 2 aromatic carbocycles. The zero-order valence-corrected chi connectivity index (χ0v) is 16.9. The van der Waals surface area contributed by atoms with Crippen LogP contribution in [0.25, 0.3) is 11.3 Å². The molecule has 0 aliphatic rings. The smallest absolute Gasteiger partial charge is 0.262 e. The summed E-state index contributed by atoms with van der Waals surface area (Å²) < 4.78 is 5.79. The predicted molar refractivity (Wildman–Crippen MR) is 112 cm³/mol. The number of anilines is 1. The molecule has 5 heteroatoms. The van der Waals surface area contributed by atoms with Crippen LogP contribution < -0.4 is 10.1 Å². The van der Waals surface area contributed by atoms with Gasteiger partial charge in [0.2, 0.25) is 0 Å². The van der Waals surface area contributed by atoms with Crippen molar-refractivity contribution in [1.29, 1.82) is 0 Å². The predicted octanol–water partition coefficient (Wildman–Crippen LogP) is 5.57. The van der Waals surface area contributed by atoms with Crippen molar-refractivity contribution in [2.24, 2.45) is 0 Å². The van der Waals surface area contributed by atoms with Gasteiger partial charge in [-0.3, -0.25) is 4.79 Å². The Labute approximate surface area is 164 Å². The molecule has 3 rings (SSSR count). The molecular formula is C22H24N2O2S. The summed E-state index contributed by atoms with van der Waals surface area (Å²) >= 11 is 1.63. The summed E-state index contributed by atoms with van der Waals surface area (Å²) in [6.07, 6.45) is 0. The Kier molecular flexibility index (Phi) is 5.91. The molecule has 0 unspecified atom stereocenters. The van der Waals surface area contributed by atoms with Gasteiger partial charge in [-0.05, 0) is 49.1 Å². The normalized spacial score (nSPS) is 10.9. The quantitative estimate of drug-likeness (QED) is 0.608. The van der Waals surface area contributed by atoms with Gasteiger partial charge in [-0.25, -0.2) is 4.98 Å². The molecule has 1 aromatic heterocycles. The molecule has 0 aliphatic heterocycles. The molecule has 0 spiro atoms. The fourth-order valence-corrected chi connectivity index (χ4v) is 3.43. The molecule has 27 heavy (non-hydrogen) atoms. The summed E-state index contributed by atoms with van der Waals surface area (Å²) in [6.45, 7) is 8.21.